The summed E-state index contributed by atoms with van der Waals surface area (Å²) >= 11 is 0. The minimum atomic E-state index is -0.416. The fourth-order valence-electron chi connectivity index (χ4n) is 3.53. The first kappa shape index (κ1) is 20.7. The summed E-state index contributed by atoms with van der Waals surface area (Å²) in [6.07, 6.45) is 1.61. The molecule has 0 bridgehead atoms. The molecule has 158 valence electrons. The van der Waals surface area contributed by atoms with Crippen LogP contribution in [0.5, 0.6) is 0 Å². The summed E-state index contributed by atoms with van der Waals surface area (Å²) in [4.78, 5) is 22.0. The molecular formula is C25H20N4O3. The highest BCUT2D eigenvalue weighted by Gasteiger charge is 2.19. The Labute approximate surface area is 184 Å². The standard InChI is InChI=1S/C25H20N4O3/c1-18(30)27-26-17-21-16-24(19-8-4-2-5-9-19)28(25(21)20-10-6-3-7-11-20)22-12-14-23(15-13-22)29(31)32/h2-17H,1H3,(H,27,30)/b26-17+. The zero-order valence-electron chi connectivity index (χ0n) is 17.3. The topological polar surface area (TPSA) is 89.5 Å². The van der Waals surface area contributed by atoms with Gasteiger partial charge < -0.3 is 4.57 Å². The van der Waals surface area contributed by atoms with Crippen molar-refractivity contribution in [2.24, 2.45) is 5.10 Å². The summed E-state index contributed by atoms with van der Waals surface area (Å²) in [5.74, 6) is -0.263. The van der Waals surface area contributed by atoms with E-state index in [9.17, 15) is 14.9 Å². The van der Waals surface area contributed by atoms with Gasteiger partial charge in [-0.1, -0.05) is 60.7 Å². The first-order chi connectivity index (χ1) is 15.5. The molecule has 0 saturated heterocycles. The molecule has 0 spiro atoms. The molecular weight excluding hydrogens is 404 g/mol. The number of nitrogens with zero attached hydrogens (tertiary/aromatic N) is 3. The highest BCUT2D eigenvalue weighted by molar-refractivity contribution is 5.94. The van der Waals surface area contributed by atoms with Crippen molar-refractivity contribution in [3.63, 3.8) is 0 Å². The minimum Gasteiger partial charge on any atom is -0.309 e. The van der Waals surface area contributed by atoms with E-state index in [0.717, 1.165) is 33.8 Å². The Balaban J connectivity index is 1.99. The molecule has 4 rings (SSSR count). The third kappa shape index (κ3) is 4.32. The van der Waals surface area contributed by atoms with E-state index in [2.05, 4.69) is 10.5 Å². The molecule has 0 saturated carbocycles. The van der Waals surface area contributed by atoms with Crippen molar-refractivity contribution in [1.82, 2.24) is 9.99 Å². The van der Waals surface area contributed by atoms with Gasteiger partial charge in [0.2, 0.25) is 5.91 Å². The van der Waals surface area contributed by atoms with Crippen LogP contribution < -0.4 is 5.43 Å². The lowest BCUT2D eigenvalue weighted by atomic mass is 10.1. The van der Waals surface area contributed by atoms with Crippen molar-refractivity contribution < 1.29 is 9.72 Å². The van der Waals surface area contributed by atoms with E-state index in [4.69, 9.17) is 0 Å². The van der Waals surface area contributed by atoms with E-state index in [1.165, 1.54) is 19.1 Å². The lowest BCUT2D eigenvalue weighted by molar-refractivity contribution is -0.384. The number of benzene rings is 3. The first-order valence-corrected chi connectivity index (χ1v) is 9.95. The fraction of sp³-hybridized carbons (Fsp3) is 0.0400. The second-order valence-corrected chi connectivity index (χ2v) is 7.10. The molecule has 3 aromatic carbocycles. The molecule has 0 unspecified atom stereocenters. The van der Waals surface area contributed by atoms with E-state index in [1.807, 2.05) is 71.3 Å². The number of nitro groups is 1. The summed E-state index contributed by atoms with van der Waals surface area (Å²) in [6, 6.07) is 28.1. The zero-order valence-corrected chi connectivity index (χ0v) is 17.3. The van der Waals surface area contributed by atoms with E-state index in [-0.39, 0.29) is 11.6 Å². The molecule has 32 heavy (non-hydrogen) atoms. The molecule has 0 aliphatic heterocycles. The number of nitro benzene ring substituents is 1. The van der Waals surface area contributed by atoms with Crippen molar-refractivity contribution in [1.29, 1.82) is 0 Å². The molecule has 7 heteroatoms. The van der Waals surface area contributed by atoms with Gasteiger partial charge in [-0.2, -0.15) is 5.10 Å². The quantitative estimate of drug-likeness (QED) is 0.262. The number of non-ortho nitro benzene ring substituents is 1. The molecule has 1 aromatic heterocycles. The van der Waals surface area contributed by atoms with Crippen LogP contribution >= 0.6 is 0 Å². The molecule has 0 aliphatic carbocycles. The number of hydrogen-bond acceptors (Lipinski definition) is 4. The SMILES string of the molecule is CC(=O)N/N=C/c1cc(-c2ccccc2)n(-c2ccc([N+](=O)[O-])cc2)c1-c1ccccc1. The highest BCUT2D eigenvalue weighted by atomic mass is 16.6. The molecule has 1 N–H and O–H groups in total. The molecule has 0 fully saturated rings. The maximum atomic E-state index is 11.3. The third-order valence-corrected chi connectivity index (χ3v) is 4.89. The Bertz CT molecular complexity index is 1280. The van der Waals surface area contributed by atoms with Crippen LogP contribution in [-0.2, 0) is 4.79 Å². The van der Waals surface area contributed by atoms with Crippen molar-refractivity contribution in [2.45, 2.75) is 6.92 Å². The normalized spacial score (nSPS) is 10.9. The Morgan fingerprint density at radius 1 is 0.938 bits per heavy atom. The van der Waals surface area contributed by atoms with Gasteiger partial charge in [0.25, 0.3) is 5.69 Å². The van der Waals surface area contributed by atoms with Gasteiger partial charge in [-0.15, -0.1) is 0 Å². The number of carbonyl (C=O) groups excluding carboxylic acids is 1. The Morgan fingerprint density at radius 2 is 1.53 bits per heavy atom. The highest BCUT2D eigenvalue weighted by Crippen LogP contribution is 2.35. The van der Waals surface area contributed by atoms with Crippen LogP contribution in [0.3, 0.4) is 0 Å². The Kier molecular flexibility index (Phi) is 5.89. The maximum Gasteiger partial charge on any atom is 0.269 e. The number of amides is 1. The van der Waals surface area contributed by atoms with Crippen LogP contribution in [0.4, 0.5) is 5.69 Å². The van der Waals surface area contributed by atoms with E-state index in [1.54, 1.807) is 18.3 Å². The zero-order chi connectivity index (χ0) is 22.5. The van der Waals surface area contributed by atoms with Crippen LogP contribution in [0.25, 0.3) is 28.2 Å². The second kappa shape index (κ2) is 9.09. The van der Waals surface area contributed by atoms with E-state index < -0.39 is 4.92 Å². The molecule has 0 atom stereocenters. The third-order valence-electron chi connectivity index (χ3n) is 4.89. The molecule has 0 radical (unpaired) electrons. The van der Waals surface area contributed by atoms with Crippen LogP contribution in [0.2, 0.25) is 0 Å². The largest absolute Gasteiger partial charge is 0.309 e. The maximum absolute atomic E-state index is 11.3. The van der Waals surface area contributed by atoms with Crippen molar-refractivity contribution in [2.75, 3.05) is 0 Å². The van der Waals surface area contributed by atoms with Crippen LogP contribution in [0, 0.1) is 10.1 Å². The lowest BCUT2D eigenvalue weighted by Gasteiger charge is -2.15. The number of hydrazone groups is 1. The first-order valence-electron chi connectivity index (χ1n) is 9.95. The van der Waals surface area contributed by atoms with Crippen molar-refractivity contribution in [3.05, 3.63) is 107 Å². The van der Waals surface area contributed by atoms with Crippen LogP contribution in [-0.4, -0.2) is 21.6 Å². The monoisotopic (exact) mass is 424 g/mol. The predicted molar refractivity (Wildman–Crippen MR) is 125 cm³/mol. The van der Waals surface area contributed by atoms with Gasteiger partial charge in [0.15, 0.2) is 0 Å². The van der Waals surface area contributed by atoms with Gasteiger partial charge in [0.05, 0.1) is 22.5 Å². The number of rotatable bonds is 6. The number of aromatic nitrogens is 1. The summed E-state index contributed by atoms with van der Waals surface area (Å²) in [7, 11) is 0. The van der Waals surface area contributed by atoms with Crippen LogP contribution in [0.15, 0.2) is 96.1 Å². The Morgan fingerprint density at radius 3 is 2.09 bits per heavy atom. The summed E-state index contributed by atoms with van der Waals surface area (Å²) in [6.45, 7) is 1.40. The second-order valence-electron chi connectivity index (χ2n) is 7.10. The Hall–Kier alpha value is -4.52. The molecule has 4 aromatic rings. The van der Waals surface area contributed by atoms with Crippen molar-refractivity contribution in [3.8, 4) is 28.2 Å². The van der Waals surface area contributed by atoms with Gasteiger partial charge in [-0.3, -0.25) is 14.9 Å². The van der Waals surface area contributed by atoms with Gasteiger partial charge in [0, 0.05) is 30.3 Å². The smallest absolute Gasteiger partial charge is 0.269 e. The molecule has 0 aliphatic rings. The van der Waals surface area contributed by atoms with Gasteiger partial charge in [-0.25, -0.2) is 5.43 Å². The predicted octanol–water partition coefficient (Wildman–Crippen LogP) is 5.19. The minimum absolute atomic E-state index is 0.0240. The molecule has 1 amide bonds. The van der Waals surface area contributed by atoms with Crippen LogP contribution in [0.1, 0.15) is 12.5 Å². The lowest BCUT2D eigenvalue weighted by Crippen LogP contribution is -2.12. The van der Waals surface area contributed by atoms with E-state index in [0.29, 0.717) is 0 Å². The van der Waals surface area contributed by atoms with Gasteiger partial charge in [0.1, 0.15) is 0 Å². The summed E-state index contributed by atoms with van der Waals surface area (Å²) in [5.41, 5.74) is 7.70. The number of carbonyl (C=O) groups is 1. The summed E-state index contributed by atoms with van der Waals surface area (Å²) < 4.78 is 2.05. The molecule has 7 nitrogen and oxygen atoms in total. The molecule has 1 heterocycles. The summed E-state index contributed by atoms with van der Waals surface area (Å²) in [5, 5.41) is 15.2. The van der Waals surface area contributed by atoms with Gasteiger partial charge >= 0.3 is 0 Å². The van der Waals surface area contributed by atoms with Crippen molar-refractivity contribution >= 4 is 17.8 Å². The average Bonchev–Trinajstić information content (AvgIpc) is 3.19. The van der Waals surface area contributed by atoms with E-state index >= 15 is 0 Å². The number of nitrogens with one attached hydrogen (secondary N) is 1. The van der Waals surface area contributed by atoms with Gasteiger partial charge in [-0.05, 0) is 29.3 Å². The fourth-order valence-corrected chi connectivity index (χ4v) is 3.53. The number of hydrogen-bond donors (Lipinski definition) is 1. The average molecular weight is 424 g/mol.